The van der Waals surface area contributed by atoms with E-state index in [1.807, 2.05) is 31.6 Å². The second-order valence-electron chi connectivity index (χ2n) is 16.1. The number of benzene rings is 2. The molecule has 4 aromatic heterocycles. The maximum absolute atomic E-state index is 14.4. The molecule has 17 heteroatoms. The molecule has 0 spiro atoms. The molecule has 15 nitrogen and oxygen atoms in total. The number of anilines is 2. The molecule has 0 radical (unpaired) electrons. The first-order valence-electron chi connectivity index (χ1n) is 20.6. The van der Waals surface area contributed by atoms with E-state index in [1.54, 1.807) is 36.0 Å². The molecular weight excluding hydrogens is 784 g/mol. The first kappa shape index (κ1) is 39.7. The van der Waals surface area contributed by atoms with E-state index < -0.39 is 12.0 Å². The number of aryl methyl sites for hydroxylation is 2. The van der Waals surface area contributed by atoms with Crippen molar-refractivity contribution >= 4 is 45.6 Å². The van der Waals surface area contributed by atoms with Gasteiger partial charge in [-0.1, -0.05) is 0 Å². The van der Waals surface area contributed by atoms with Gasteiger partial charge in [0.2, 0.25) is 11.8 Å². The Morgan fingerprint density at radius 2 is 1.75 bits per heavy atom. The second-order valence-corrected chi connectivity index (χ2v) is 17.2. The van der Waals surface area contributed by atoms with Crippen LogP contribution < -0.4 is 20.7 Å². The molecule has 3 saturated heterocycles. The van der Waals surface area contributed by atoms with Crippen molar-refractivity contribution in [2.75, 3.05) is 56.4 Å². The van der Waals surface area contributed by atoms with Gasteiger partial charge in [-0.2, -0.15) is 20.1 Å². The van der Waals surface area contributed by atoms with Crippen LogP contribution in [0.1, 0.15) is 66.6 Å². The smallest absolute Gasteiger partial charge is 0.235 e. The number of ether oxygens (including phenoxy) is 1. The van der Waals surface area contributed by atoms with Gasteiger partial charge in [-0.15, -0.1) is 11.3 Å². The molecule has 2 atom stereocenters. The number of nitrogens with two attached hydrogens (primary N) is 1. The third kappa shape index (κ3) is 8.20. The SMILES string of the molecule is Cc1nc(CN2CCN(CC3CCN(c4ccc5c(C6CCC(=O)NC6=O)nn(C)c5c4)CC3)CC2)sc1-c1cnc(N)c(O[C@H](C)c2cc(F)ccc2-n2nccn2)c1. The number of nitrogens with zero attached hydrogens (tertiary/aromatic N) is 10. The van der Waals surface area contributed by atoms with Crippen molar-refractivity contribution in [1.82, 2.24) is 49.9 Å². The van der Waals surface area contributed by atoms with E-state index in [-0.39, 0.29) is 23.4 Å². The van der Waals surface area contributed by atoms with Gasteiger partial charge in [-0.05, 0) is 81.5 Å². The molecule has 9 rings (SSSR count). The number of fused-ring (bicyclic) bond motifs is 1. The van der Waals surface area contributed by atoms with Crippen LogP contribution in [-0.4, -0.2) is 102 Å². The summed E-state index contributed by atoms with van der Waals surface area (Å²) in [5.41, 5.74) is 12.2. The van der Waals surface area contributed by atoms with E-state index >= 15 is 0 Å². The first-order chi connectivity index (χ1) is 29.1. The fourth-order valence-corrected chi connectivity index (χ4v) is 9.92. The van der Waals surface area contributed by atoms with Gasteiger partial charge < -0.3 is 20.3 Å². The highest BCUT2D eigenvalue weighted by Crippen LogP contribution is 2.37. The summed E-state index contributed by atoms with van der Waals surface area (Å²) in [6.45, 7) is 11.8. The van der Waals surface area contributed by atoms with E-state index in [0.717, 1.165) is 103 Å². The first-order valence-corrected chi connectivity index (χ1v) is 21.4. The molecular formula is C43H49FN12O3S. The lowest BCUT2D eigenvalue weighted by Gasteiger charge is -2.39. The Hall–Kier alpha value is -5.78. The normalized spacial score (nSPS) is 18.9. The van der Waals surface area contributed by atoms with E-state index in [9.17, 15) is 14.0 Å². The molecule has 7 heterocycles. The number of rotatable bonds is 11. The lowest BCUT2D eigenvalue weighted by atomic mass is 9.92. The van der Waals surface area contributed by atoms with Crippen LogP contribution in [0, 0.1) is 18.7 Å². The van der Waals surface area contributed by atoms with Crippen molar-refractivity contribution in [3.8, 4) is 21.9 Å². The maximum atomic E-state index is 14.4. The molecule has 3 fully saturated rings. The summed E-state index contributed by atoms with van der Waals surface area (Å²) >= 11 is 1.67. The molecule has 3 aliphatic rings. The Balaban J connectivity index is 0.767. The Morgan fingerprint density at radius 3 is 2.52 bits per heavy atom. The number of aromatic nitrogens is 7. The third-order valence-electron chi connectivity index (χ3n) is 12.1. The number of piperidine rings is 2. The van der Waals surface area contributed by atoms with E-state index in [1.165, 1.54) is 22.6 Å². The monoisotopic (exact) mass is 832 g/mol. The zero-order valence-corrected chi connectivity index (χ0v) is 34.9. The van der Waals surface area contributed by atoms with Gasteiger partial charge in [0.25, 0.3) is 0 Å². The average Bonchev–Trinajstić information content (AvgIpc) is 3.99. The van der Waals surface area contributed by atoms with Crippen LogP contribution in [0.2, 0.25) is 0 Å². The molecule has 2 amide bonds. The molecule has 0 saturated carbocycles. The van der Waals surface area contributed by atoms with Gasteiger partial charge in [0, 0.05) is 87.7 Å². The number of amides is 2. The Labute approximate surface area is 351 Å². The highest BCUT2D eigenvalue weighted by Gasteiger charge is 2.32. The topological polar surface area (TPSA) is 165 Å². The minimum Gasteiger partial charge on any atom is -0.482 e. The van der Waals surface area contributed by atoms with E-state index in [0.29, 0.717) is 35.8 Å². The quantitative estimate of drug-likeness (QED) is 0.160. The number of piperazine rings is 1. The van der Waals surface area contributed by atoms with Crippen LogP contribution in [0.25, 0.3) is 27.0 Å². The largest absolute Gasteiger partial charge is 0.482 e. The van der Waals surface area contributed by atoms with E-state index in [4.69, 9.17) is 20.6 Å². The summed E-state index contributed by atoms with van der Waals surface area (Å²) in [5, 5.41) is 17.7. The lowest BCUT2D eigenvalue weighted by Crippen LogP contribution is -2.48. The zero-order valence-electron chi connectivity index (χ0n) is 34.1. The van der Waals surface area contributed by atoms with Crippen LogP contribution in [0.3, 0.4) is 0 Å². The summed E-state index contributed by atoms with van der Waals surface area (Å²) < 4.78 is 22.5. The van der Waals surface area contributed by atoms with Crippen LogP contribution in [-0.2, 0) is 23.2 Å². The molecule has 0 aliphatic carbocycles. The number of nitrogens with one attached hydrogen (secondary N) is 1. The number of hydrogen-bond acceptors (Lipinski definition) is 13. The highest BCUT2D eigenvalue weighted by molar-refractivity contribution is 7.15. The maximum Gasteiger partial charge on any atom is 0.235 e. The molecule has 6 aromatic rings. The highest BCUT2D eigenvalue weighted by atomic mass is 32.1. The van der Waals surface area contributed by atoms with Gasteiger partial charge >= 0.3 is 0 Å². The molecule has 60 heavy (non-hydrogen) atoms. The number of nitrogen functional groups attached to an aromatic ring is 1. The summed E-state index contributed by atoms with van der Waals surface area (Å²) in [5.74, 6) is 0.0618. The molecule has 312 valence electrons. The van der Waals surface area contributed by atoms with Crippen LogP contribution in [0.5, 0.6) is 5.75 Å². The van der Waals surface area contributed by atoms with Gasteiger partial charge in [0.05, 0.1) is 52.3 Å². The summed E-state index contributed by atoms with van der Waals surface area (Å²) in [4.78, 5) is 43.7. The predicted octanol–water partition coefficient (Wildman–Crippen LogP) is 5.40. The van der Waals surface area contributed by atoms with E-state index in [2.05, 4.69) is 53.4 Å². The summed E-state index contributed by atoms with van der Waals surface area (Å²) in [6, 6.07) is 12.8. The standard InChI is InChI=1S/C43H49FN12O3S/c1-26-41(29-20-37(42(45)46-23-29)59-27(2)34-21-30(44)4-8-35(34)56-47-12-13-48-56)60-39(49-26)25-54-18-16-53(17-19-54)24-28-10-14-55(15-11-28)31-5-6-32-36(22-31)52(3)51-40(32)33-7-9-38(57)50-43(33)58/h4-6,8,12-13,20-23,27-28,33H,7,9-11,14-19,24-25H2,1-3H3,(H2,45,46)(H,50,57,58)/t27-,33?/m1/s1. The van der Waals surface area contributed by atoms with Crippen molar-refractivity contribution in [3.63, 3.8) is 0 Å². The van der Waals surface area contributed by atoms with Gasteiger partial charge in [-0.3, -0.25) is 24.5 Å². The minimum atomic E-state index is -0.566. The Morgan fingerprint density at radius 1 is 0.983 bits per heavy atom. The summed E-state index contributed by atoms with van der Waals surface area (Å²) in [7, 11) is 1.92. The number of carbonyl (C=O) groups is 2. The number of carbonyl (C=O) groups excluding carboxylic acids is 2. The molecule has 2 aromatic carbocycles. The number of thiazole rings is 1. The fraction of sp³-hybridized carbons (Fsp3) is 0.419. The molecule has 1 unspecified atom stereocenters. The van der Waals surface area contributed by atoms with Crippen molar-refractivity contribution in [3.05, 3.63) is 88.8 Å². The number of hydrogen-bond donors (Lipinski definition) is 2. The molecule has 0 bridgehead atoms. The second kappa shape index (κ2) is 16.7. The van der Waals surface area contributed by atoms with Crippen molar-refractivity contribution < 1.29 is 18.7 Å². The molecule has 3 N–H and O–H groups in total. The summed E-state index contributed by atoms with van der Waals surface area (Å²) in [6.07, 6.45) is 7.45. The Bertz CT molecular complexity index is 2520. The molecule has 3 aliphatic heterocycles. The number of imide groups is 1. The third-order valence-corrected chi connectivity index (χ3v) is 13.3. The van der Waals surface area contributed by atoms with Crippen LogP contribution in [0.4, 0.5) is 15.9 Å². The fourth-order valence-electron chi connectivity index (χ4n) is 8.83. The lowest BCUT2D eigenvalue weighted by molar-refractivity contribution is -0.134. The van der Waals surface area contributed by atoms with Crippen LogP contribution in [0.15, 0.2) is 61.1 Å². The van der Waals surface area contributed by atoms with Crippen molar-refractivity contribution in [1.29, 1.82) is 0 Å². The Kier molecular flexibility index (Phi) is 11.0. The number of pyridine rings is 1. The number of halogens is 1. The predicted molar refractivity (Wildman–Crippen MR) is 227 cm³/mol. The van der Waals surface area contributed by atoms with Crippen LogP contribution >= 0.6 is 11.3 Å². The minimum absolute atomic E-state index is 0.213. The van der Waals surface area contributed by atoms with Gasteiger partial charge in [-0.25, -0.2) is 14.4 Å². The van der Waals surface area contributed by atoms with Gasteiger partial charge in [0.15, 0.2) is 11.6 Å². The van der Waals surface area contributed by atoms with Crippen molar-refractivity contribution in [2.24, 2.45) is 13.0 Å². The van der Waals surface area contributed by atoms with Gasteiger partial charge in [0.1, 0.15) is 16.9 Å². The zero-order chi connectivity index (χ0) is 41.5. The average molecular weight is 833 g/mol. The van der Waals surface area contributed by atoms with Crippen molar-refractivity contribution in [2.45, 2.75) is 58.1 Å².